The highest BCUT2D eigenvalue weighted by molar-refractivity contribution is 7.99. The van der Waals surface area contributed by atoms with E-state index in [1.165, 1.54) is 50.5 Å². The molecule has 2 unspecified atom stereocenters. The molecular formula is C11H22N2S. The number of rotatable bonds is 2. The normalized spacial score (nSPS) is 35.8. The summed E-state index contributed by atoms with van der Waals surface area (Å²) in [5.74, 6) is 3.61. The maximum atomic E-state index is 3.54. The molecule has 2 saturated heterocycles. The van der Waals surface area contributed by atoms with Gasteiger partial charge in [-0.25, -0.2) is 0 Å². The van der Waals surface area contributed by atoms with Crippen LogP contribution in [0.5, 0.6) is 0 Å². The molecule has 2 heterocycles. The van der Waals surface area contributed by atoms with E-state index in [1.807, 2.05) is 0 Å². The molecule has 2 aliphatic rings. The minimum atomic E-state index is 0.832. The van der Waals surface area contributed by atoms with Crippen LogP contribution < -0.4 is 5.32 Å². The second-order valence-electron chi connectivity index (χ2n) is 4.40. The summed E-state index contributed by atoms with van der Waals surface area (Å²) in [7, 11) is 0. The van der Waals surface area contributed by atoms with Gasteiger partial charge < -0.3 is 5.32 Å². The Kier molecular flexibility index (Phi) is 4.14. The van der Waals surface area contributed by atoms with Crippen molar-refractivity contribution in [2.45, 2.75) is 25.8 Å². The fourth-order valence-corrected chi connectivity index (χ4v) is 3.56. The Morgan fingerprint density at radius 2 is 2.21 bits per heavy atom. The van der Waals surface area contributed by atoms with E-state index in [2.05, 4.69) is 28.9 Å². The minimum absolute atomic E-state index is 0.832. The van der Waals surface area contributed by atoms with Crippen molar-refractivity contribution in [3.8, 4) is 0 Å². The van der Waals surface area contributed by atoms with Crippen LogP contribution in [0.1, 0.15) is 19.8 Å². The molecule has 14 heavy (non-hydrogen) atoms. The Balaban J connectivity index is 1.91. The van der Waals surface area contributed by atoms with Crippen molar-refractivity contribution in [2.75, 3.05) is 37.7 Å². The fraction of sp³-hybridized carbons (Fsp3) is 1.00. The summed E-state index contributed by atoms with van der Waals surface area (Å²) in [6, 6.07) is 0.832. The first kappa shape index (κ1) is 10.8. The number of nitrogens with one attached hydrogen (secondary N) is 1. The molecule has 0 aromatic heterocycles. The second-order valence-corrected chi connectivity index (χ2v) is 5.62. The summed E-state index contributed by atoms with van der Waals surface area (Å²) in [4.78, 5) is 2.73. The lowest BCUT2D eigenvalue weighted by Gasteiger charge is -2.30. The molecule has 0 aromatic rings. The standard InChI is InChI=1S/C11H22N2S/c1-2-10-8-12-9-11(10)13-4-3-6-14-7-5-13/h10-12H,2-9H2,1H3. The Morgan fingerprint density at radius 1 is 1.29 bits per heavy atom. The zero-order valence-electron chi connectivity index (χ0n) is 9.17. The van der Waals surface area contributed by atoms with Gasteiger partial charge in [-0.2, -0.15) is 11.8 Å². The zero-order valence-corrected chi connectivity index (χ0v) is 9.98. The molecule has 1 N–H and O–H groups in total. The third-order valence-electron chi connectivity index (χ3n) is 3.55. The maximum absolute atomic E-state index is 3.54. The first-order chi connectivity index (χ1) is 6.92. The average molecular weight is 214 g/mol. The smallest absolute Gasteiger partial charge is 0.0261 e. The molecule has 0 radical (unpaired) electrons. The molecule has 0 saturated carbocycles. The molecule has 3 heteroatoms. The summed E-state index contributed by atoms with van der Waals surface area (Å²) >= 11 is 2.13. The van der Waals surface area contributed by atoms with Crippen LogP contribution in [0.3, 0.4) is 0 Å². The molecule has 0 spiro atoms. The Hall–Kier alpha value is 0.270. The van der Waals surface area contributed by atoms with Gasteiger partial charge in [-0.3, -0.25) is 4.90 Å². The van der Waals surface area contributed by atoms with Crippen LogP contribution in [0.4, 0.5) is 0 Å². The summed E-state index contributed by atoms with van der Waals surface area (Å²) in [5.41, 5.74) is 0. The maximum Gasteiger partial charge on any atom is 0.0261 e. The van der Waals surface area contributed by atoms with E-state index in [4.69, 9.17) is 0 Å². The second kappa shape index (κ2) is 5.38. The number of nitrogens with zero attached hydrogens (tertiary/aromatic N) is 1. The van der Waals surface area contributed by atoms with Crippen LogP contribution in [0, 0.1) is 5.92 Å². The van der Waals surface area contributed by atoms with Crippen molar-refractivity contribution in [1.29, 1.82) is 0 Å². The lowest BCUT2D eigenvalue weighted by molar-refractivity contribution is 0.182. The zero-order chi connectivity index (χ0) is 9.80. The van der Waals surface area contributed by atoms with Crippen molar-refractivity contribution >= 4 is 11.8 Å². The van der Waals surface area contributed by atoms with E-state index in [-0.39, 0.29) is 0 Å². The topological polar surface area (TPSA) is 15.3 Å². The Bertz CT molecular complexity index is 167. The summed E-state index contributed by atoms with van der Waals surface area (Å²) < 4.78 is 0. The van der Waals surface area contributed by atoms with E-state index < -0.39 is 0 Å². The molecular weight excluding hydrogens is 192 g/mol. The average Bonchev–Trinajstić information content (AvgIpc) is 2.52. The van der Waals surface area contributed by atoms with Gasteiger partial charge in [0.15, 0.2) is 0 Å². The van der Waals surface area contributed by atoms with Crippen molar-refractivity contribution in [1.82, 2.24) is 10.2 Å². The predicted octanol–water partition coefficient (Wildman–Crippen LogP) is 1.42. The number of hydrogen-bond donors (Lipinski definition) is 1. The first-order valence-electron chi connectivity index (χ1n) is 5.94. The van der Waals surface area contributed by atoms with Crippen LogP contribution in [-0.4, -0.2) is 48.6 Å². The molecule has 2 fully saturated rings. The minimum Gasteiger partial charge on any atom is -0.315 e. The van der Waals surface area contributed by atoms with Crippen LogP contribution in [0.15, 0.2) is 0 Å². The van der Waals surface area contributed by atoms with Gasteiger partial charge in [-0.15, -0.1) is 0 Å². The molecule has 82 valence electrons. The quantitative estimate of drug-likeness (QED) is 0.748. The largest absolute Gasteiger partial charge is 0.315 e. The molecule has 0 aromatic carbocycles. The van der Waals surface area contributed by atoms with E-state index in [0.29, 0.717) is 0 Å². The van der Waals surface area contributed by atoms with Gasteiger partial charge in [0.25, 0.3) is 0 Å². The van der Waals surface area contributed by atoms with Crippen molar-refractivity contribution in [2.24, 2.45) is 5.92 Å². The summed E-state index contributed by atoms with van der Waals surface area (Å²) in [5, 5.41) is 3.54. The van der Waals surface area contributed by atoms with Gasteiger partial charge in [0.05, 0.1) is 0 Å². The number of thioether (sulfide) groups is 1. The molecule has 0 bridgehead atoms. The van der Waals surface area contributed by atoms with E-state index >= 15 is 0 Å². The monoisotopic (exact) mass is 214 g/mol. The van der Waals surface area contributed by atoms with Gasteiger partial charge in [0.1, 0.15) is 0 Å². The van der Waals surface area contributed by atoms with Crippen LogP contribution >= 0.6 is 11.8 Å². The molecule has 0 aliphatic carbocycles. The Labute approximate surface area is 91.8 Å². The Morgan fingerprint density at radius 3 is 3.07 bits per heavy atom. The van der Waals surface area contributed by atoms with E-state index in [1.54, 1.807) is 0 Å². The third-order valence-corrected chi connectivity index (χ3v) is 4.60. The van der Waals surface area contributed by atoms with Gasteiger partial charge in [0, 0.05) is 24.9 Å². The predicted molar refractivity (Wildman–Crippen MR) is 64.0 cm³/mol. The lowest BCUT2D eigenvalue weighted by Crippen LogP contribution is -2.41. The highest BCUT2D eigenvalue weighted by atomic mass is 32.2. The highest BCUT2D eigenvalue weighted by Crippen LogP contribution is 2.21. The third kappa shape index (κ3) is 2.44. The summed E-state index contributed by atoms with van der Waals surface area (Å²) in [6.45, 7) is 7.44. The van der Waals surface area contributed by atoms with Gasteiger partial charge in [-0.1, -0.05) is 13.3 Å². The lowest BCUT2D eigenvalue weighted by atomic mass is 9.99. The van der Waals surface area contributed by atoms with Crippen molar-refractivity contribution in [3.63, 3.8) is 0 Å². The SMILES string of the molecule is CCC1CNCC1N1CCCSCC1. The highest BCUT2D eigenvalue weighted by Gasteiger charge is 2.30. The van der Waals surface area contributed by atoms with Crippen LogP contribution in [0.25, 0.3) is 0 Å². The van der Waals surface area contributed by atoms with Crippen LogP contribution in [0.2, 0.25) is 0 Å². The number of hydrogen-bond acceptors (Lipinski definition) is 3. The van der Waals surface area contributed by atoms with Crippen molar-refractivity contribution in [3.05, 3.63) is 0 Å². The van der Waals surface area contributed by atoms with Gasteiger partial charge in [0.2, 0.25) is 0 Å². The van der Waals surface area contributed by atoms with Crippen LogP contribution in [-0.2, 0) is 0 Å². The molecule has 0 amide bonds. The summed E-state index contributed by atoms with van der Waals surface area (Å²) in [6.07, 6.45) is 2.72. The van der Waals surface area contributed by atoms with Gasteiger partial charge >= 0.3 is 0 Å². The van der Waals surface area contributed by atoms with E-state index in [0.717, 1.165) is 12.0 Å². The van der Waals surface area contributed by atoms with Crippen molar-refractivity contribution < 1.29 is 0 Å². The first-order valence-corrected chi connectivity index (χ1v) is 7.09. The fourth-order valence-electron chi connectivity index (χ4n) is 2.66. The molecule has 2 rings (SSSR count). The van der Waals surface area contributed by atoms with Gasteiger partial charge in [-0.05, 0) is 31.2 Å². The molecule has 2 aliphatic heterocycles. The van der Waals surface area contributed by atoms with E-state index in [9.17, 15) is 0 Å². The molecule has 2 atom stereocenters. The molecule has 2 nitrogen and oxygen atoms in total.